The molecule has 4 nitrogen and oxygen atoms in total. The van der Waals surface area contributed by atoms with E-state index >= 15 is 0 Å². The summed E-state index contributed by atoms with van der Waals surface area (Å²) in [4.78, 5) is 11.2. The Hall–Kier alpha value is -1.26. The lowest BCUT2D eigenvalue weighted by Crippen LogP contribution is -2.20. The Morgan fingerprint density at radius 1 is 1.47 bits per heavy atom. The average Bonchev–Trinajstić information content (AvgIpc) is 2.35. The van der Waals surface area contributed by atoms with Crippen LogP contribution in [-0.4, -0.2) is 29.6 Å². The van der Waals surface area contributed by atoms with Gasteiger partial charge in [-0.05, 0) is 30.2 Å². The van der Waals surface area contributed by atoms with Crippen molar-refractivity contribution in [1.29, 1.82) is 0 Å². The monoisotopic (exact) mass is 255 g/mol. The number of anilines is 1. The van der Waals surface area contributed by atoms with Crippen molar-refractivity contribution in [3.8, 4) is 5.75 Å². The number of aliphatic hydroxyl groups is 1. The van der Waals surface area contributed by atoms with Gasteiger partial charge in [0.1, 0.15) is 18.5 Å². The average molecular weight is 256 g/mol. The fourth-order valence-corrected chi connectivity index (χ4v) is 1.78. The van der Waals surface area contributed by atoms with Gasteiger partial charge in [0.15, 0.2) is 0 Å². The highest BCUT2D eigenvalue weighted by Crippen LogP contribution is 2.26. The first-order chi connectivity index (χ1) is 8.19. The summed E-state index contributed by atoms with van der Waals surface area (Å²) >= 11 is 5.47. The zero-order valence-corrected chi connectivity index (χ0v) is 10.0. The molecule has 1 heterocycles. The van der Waals surface area contributed by atoms with Gasteiger partial charge >= 0.3 is 0 Å². The summed E-state index contributed by atoms with van der Waals surface area (Å²) in [6, 6.07) is 5.47. The number of benzene rings is 1. The van der Waals surface area contributed by atoms with Crippen LogP contribution >= 0.6 is 11.6 Å². The van der Waals surface area contributed by atoms with Crippen molar-refractivity contribution in [2.24, 2.45) is 0 Å². The van der Waals surface area contributed by atoms with Crippen LogP contribution < -0.4 is 10.1 Å². The molecule has 0 bridgehead atoms. The smallest absolute Gasteiger partial charge is 0.224 e. The normalized spacial score (nSPS) is 16.0. The van der Waals surface area contributed by atoms with E-state index in [1.54, 1.807) is 6.07 Å². The molecule has 0 saturated heterocycles. The van der Waals surface area contributed by atoms with Gasteiger partial charge in [0, 0.05) is 12.1 Å². The number of halogens is 1. The Kier molecular flexibility index (Phi) is 3.86. The van der Waals surface area contributed by atoms with Crippen LogP contribution in [0.3, 0.4) is 0 Å². The third kappa shape index (κ3) is 3.11. The highest BCUT2D eigenvalue weighted by Gasteiger charge is 2.15. The minimum absolute atomic E-state index is 0.0451. The number of ether oxygens (including phenoxy) is 1. The van der Waals surface area contributed by atoms with Gasteiger partial charge in [-0.3, -0.25) is 4.79 Å². The van der Waals surface area contributed by atoms with Crippen LogP contribution in [0.25, 0.3) is 0 Å². The number of fused-ring (bicyclic) bond motifs is 1. The first-order valence-electron chi connectivity index (χ1n) is 5.48. The molecule has 0 aliphatic carbocycles. The molecular formula is C12H14ClNO3. The van der Waals surface area contributed by atoms with Crippen molar-refractivity contribution in [3.63, 3.8) is 0 Å². The molecule has 1 aliphatic rings. The van der Waals surface area contributed by atoms with Crippen molar-refractivity contribution in [3.05, 3.63) is 23.8 Å². The SMILES string of the molecule is O=C1CCc2cc(OCC(O)CCl)ccc2N1. The summed E-state index contributed by atoms with van der Waals surface area (Å²) in [6.45, 7) is 0.175. The minimum Gasteiger partial charge on any atom is -0.491 e. The van der Waals surface area contributed by atoms with Crippen LogP contribution in [0, 0.1) is 0 Å². The molecule has 92 valence electrons. The Morgan fingerprint density at radius 3 is 3.06 bits per heavy atom. The van der Waals surface area contributed by atoms with E-state index in [2.05, 4.69) is 5.32 Å². The highest BCUT2D eigenvalue weighted by atomic mass is 35.5. The van der Waals surface area contributed by atoms with E-state index in [1.807, 2.05) is 12.1 Å². The van der Waals surface area contributed by atoms with E-state index in [0.29, 0.717) is 12.2 Å². The molecule has 1 unspecified atom stereocenters. The molecule has 0 fully saturated rings. The van der Waals surface area contributed by atoms with Gasteiger partial charge in [0.05, 0.1) is 5.88 Å². The Bertz CT molecular complexity index is 422. The number of carbonyl (C=O) groups excluding carboxylic acids is 1. The Labute approximate surface area is 105 Å². The quantitative estimate of drug-likeness (QED) is 0.803. The second kappa shape index (κ2) is 5.38. The van der Waals surface area contributed by atoms with E-state index in [1.165, 1.54) is 0 Å². The first kappa shape index (κ1) is 12.2. The molecule has 5 heteroatoms. The topological polar surface area (TPSA) is 58.6 Å². The van der Waals surface area contributed by atoms with Crippen LogP contribution in [0.5, 0.6) is 5.75 Å². The molecule has 2 N–H and O–H groups in total. The van der Waals surface area contributed by atoms with Crippen LogP contribution in [0.15, 0.2) is 18.2 Å². The molecule has 2 rings (SSSR count). The van der Waals surface area contributed by atoms with E-state index in [9.17, 15) is 9.90 Å². The number of hydrogen-bond donors (Lipinski definition) is 2. The molecule has 1 aromatic rings. The largest absolute Gasteiger partial charge is 0.491 e. The third-order valence-corrected chi connectivity index (χ3v) is 2.95. The van der Waals surface area contributed by atoms with Crippen molar-refractivity contribution in [1.82, 2.24) is 0 Å². The van der Waals surface area contributed by atoms with Gasteiger partial charge in [-0.15, -0.1) is 11.6 Å². The molecule has 1 aliphatic heterocycles. The van der Waals surface area contributed by atoms with Crippen molar-refractivity contribution < 1.29 is 14.6 Å². The number of aryl methyl sites for hydroxylation is 1. The number of carbonyl (C=O) groups is 1. The maximum atomic E-state index is 11.2. The van der Waals surface area contributed by atoms with Gasteiger partial charge in [0.2, 0.25) is 5.91 Å². The zero-order chi connectivity index (χ0) is 12.3. The van der Waals surface area contributed by atoms with Crippen LogP contribution in [-0.2, 0) is 11.2 Å². The maximum Gasteiger partial charge on any atom is 0.224 e. The number of amides is 1. The van der Waals surface area contributed by atoms with E-state index < -0.39 is 6.10 Å². The number of hydrogen-bond acceptors (Lipinski definition) is 3. The van der Waals surface area contributed by atoms with E-state index in [4.69, 9.17) is 16.3 Å². The molecule has 0 saturated carbocycles. The standard InChI is InChI=1S/C12H14ClNO3/c13-6-9(15)7-17-10-2-3-11-8(5-10)1-4-12(16)14-11/h2-3,5,9,15H,1,4,6-7H2,(H,14,16). The summed E-state index contributed by atoms with van der Waals surface area (Å²) in [5.74, 6) is 0.883. The van der Waals surface area contributed by atoms with Crippen LogP contribution in [0.2, 0.25) is 0 Å². The lowest BCUT2D eigenvalue weighted by molar-refractivity contribution is -0.116. The third-order valence-electron chi connectivity index (χ3n) is 2.59. The predicted octanol–water partition coefficient (Wildman–Crippen LogP) is 1.55. The summed E-state index contributed by atoms with van der Waals surface area (Å²) in [7, 11) is 0. The fraction of sp³-hybridized carbons (Fsp3) is 0.417. The summed E-state index contributed by atoms with van der Waals surface area (Å²) < 4.78 is 5.40. The first-order valence-corrected chi connectivity index (χ1v) is 6.02. The summed E-state index contributed by atoms with van der Waals surface area (Å²) in [6.07, 6.45) is 0.560. The van der Waals surface area contributed by atoms with E-state index in [-0.39, 0.29) is 18.4 Å². The van der Waals surface area contributed by atoms with Crippen molar-refractivity contribution >= 4 is 23.2 Å². The highest BCUT2D eigenvalue weighted by molar-refractivity contribution is 6.18. The molecule has 1 amide bonds. The number of alkyl halides is 1. The van der Waals surface area contributed by atoms with Gasteiger partial charge in [0.25, 0.3) is 0 Å². The second-order valence-corrected chi connectivity index (χ2v) is 4.29. The number of aliphatic hydroxyl groups excluding tert-OH is 1. The van der Waals surface area contributed by atoms with Crippen LogP contribution in [0.4, 0.5) is 5.69 Å². The molecule has 0 radical (unpaired) electrons. The minimum atomic E-state index is -0.660. The molecule has 0 aromatic heterocycles. The van der Waals surface area contributed by atoms with Gasteiger partial charge in [-0.2, -0.15) is 0 Å². The van der Waals surface area contributed by atoms with Gasteiger partial charge in [-0.1, -0.05) is 0 Å². The lowest BCUT2D eigenvalue weighted by atomic mass is 10.0. The van der Waals surface area contributed by atoms with Gasteiger partial charge in [-0.25, -0.2) is 0 Å². The molecule has 0 spiro atoms. The number of nitrogens with one attached hydrogen (secondary N) is 1. The molecule has 17 heavy (non-hydrogen) atoms. The second-order valence-electron chi connectivity index (χ2n) is 3.99. The fourth-order valence-electron chi connectivity index (χ4n) is 1.69. The summed E-state index contributed by atoms with van der Waals surface area (Å²) in [5.41, 5.74) is 1.90. The predicted molar refractivity (Wildman–Crippen MR) is 65.6 cm³/mol. The Balaban J connectivity index is 2.04. The lowest BCUT2D eigenvalue weighted by Gasteiger charge is -2.18. The number of rotatable bonds is 4. The maximum absolute atomic E-state index is 11.2. The van der Waals surface area contributed by atoms with Crippen LogP contribution in [0.1, 0.15) is 12.0 Å². The molecule has 1 aromatic carbocycles. The molecule has 1 atom stereocenters. The summed E-state index contributed by atoms with van der Waals surface area (Å²) in [5, 5.41) is 12.1. The van der Waals surface area contributed by atoms with E-state index in [0.717, 1.165) is 17.7 Å². The molecular weight excluding hydrogens is 242 g/mol. The Morgan fingerprint density at radius 2 is 2.29 bits per heavy atom. The van der Waals surface area contributed by atoms with Crippen molar-refractivity contribution in [2.45, 2.75) is 18.9 Å². The van der Waals surface area contributed by atoms with Gasteiger partial charge < -0.3 is 15.2 Å². The zero-order valence-electron chi connectivity index (χ0n) is 9.28. The van der Waals surface area contributed by atoms with Crippen molar-refractivity contribution in [2.75, 3.05) is 17.8 Å².